The summed E-state index contributed by atoms with van der Waals surface area (Å²) in [5, 5.41) is 3.60. The highest BCUT2D eigenvalue weighted by molar-refractivity contribution is 6.25. The summed E-state index contributed by atoms with van der Waals surface area (Å²) >= 11 is 5.71. The van der Waals surface area contributed by atoms with Gasteiger partial charge in [0.1, 0.15) is 0 Å². The molecular formula is C12H23ClN2. The molecule has 1 aliphatic heterocycles. The maximum Gasteiger partial charge on any atom is 0.0218 e. The molecule has 3 heteroatoms. The molecule has 0 spiro atoms. The Morgan fingerprint density at radius 3 is 2.80 bits per heavy atom. The van der Waals surface area contributed by atoms with Gasteiger partial charge in [-0.05, 0) is 25.3 Å². The van der Waals surface area contributed by atoms with Crippen LogP contribution < -0.4 is 5.32 Å². The lowest BCUT2D eigenvalue weighted by molar-refractivity contribution is 0.134. The standard InChI is InChI=1S/C12H23ClN2/c1-9(2)12-8-15(7-10(3)5-13)11(4)6-14-12/h5,9,11-12,14H,6-8H2,1-4H3. The first-order valence-corrected chi connectivity index (χ1v) is 6.21. The van der Waals surface area contributed by atoms with E-state index in [1.807, 2.05) is 0 Å². The fraction of sp³-hybridized carbons (Fsp3) is 0.833. The Kier molecular flexibility index (Phi) is 5.10. The van der Waals surface area contributed by atoms with Crippen LogP contribution in [0.3, 0.4) is 0 Å². The highest BCUT2D eigenvalue weighted by atomic mass is 35.5. The molecule has 1 fully saturated rings. The van der Waals surface area contributed by atoms with E-state index in [0.717, 1.165) is 19.6 Å². The van der Waals surface area contributed by atoms with Crippen LogP contribution >= 0.6 is 11.6 Å². The van der Waals surface area contributed by atoms with Gasteiger partial charge in [-0.25, -0.2) is 0 Å². The maximum absolute atomic E-state index is 5.71. The number of halogens is 1. The van der Waals surface area contributed by atoms with Crippen LogP contribution in [0.25, 0.3) is 0 Å². The summed E-state index contributed by atoms with van der Waals surface area (Å²) in [5.41, 5.74) is 2.94. The predicted octanol–water partition coefficient (Wildman–Crippen LogP) is 2.45. The molecule has 15 heavy (non-hydrogen) atoms. The van der Waals surface area contributed by atoms with Crippen molar-refractivity contribution in [3.05, 3.63) is 11.1 Å². The maximum atomic E-state index is 5.71. The van der Waals surface area contributed by atoms with Crippen molar-refractivity contribution in [2.24, 2.45) is 5.92 Å². The van der Waals surface area contributed by atoms with Crippen LogP contribution in [0.2, 0.25) is 0 Å². The van der Waals surface area contributed by atoms with E-state index in [2.05, 4.69) is 37.9 Å². The molecule has 0 saturated carbocycles. The van der Waals surface area contributed by atoms with E-state index in [1.54, 1.807) is 5.54 Å². The lowest BCUT2D eigenvalue weighted by Crippen LogP contribution is -2.57. The van der Waals surface area contributed by atoms with Crippen molar-refractivity contribution in [1.82, 2.24) is 10.2 Å². The molecule has 1 aliphatic rings. The number of hydrogen-bond donors (Lipinski definition) is 1. The van der Waals surface area contributed by atoms with Gasteiger partial charge < -0.3 is 5.32 Å². The zero-order valence-corrected chi connectivity index (χ0v) is 11.0. The molecule has 2 nitrogen and oxygen atoms in total. The molecule has 0 radical (unpaired) electrons. The molecular weight excluding hydrogens is 208 g/mol. The smallest absolute Gasteiger partial charge is 0.0218 e. The summed E-state index contributed by atoms with van der Waals surface area (Å²) in [4.78, 5) is 2.51. The van der Waals surface area contributed by atoms with E-state index in [4.69, 9.17) is 11.6 Å². The fourth-order valence-electron chi connectivity index (χ4n) is 1.97. The first-order chi connectivity index (χ1) is 7.04. The summed E-state index contributed by atoms with van der Waals surface area (Å²) in [6, 6.07) is 1.22. The predicted molar refractivity (Wildman–Crippen MR) is 67.3 cm³/mol. The topological polar surface area (TPSA) is 15.3 Å². The van der Waals surface area contributed by atoms with Crippen molar-refractivity contribution in [1.29, 1.82) is 0 Å². The Morgan fingerprint density at radius 1 is 1.60 bits per heavy atom. The second-order valence-corrected chi connectivity index (χ2v) is 5.21. The summed E-state index contributed by atoms with van der Waals surface area (Å²) in [7, 11) is 0. The Labute approximate surface area is 98.7 Å². The molecule has 0 aromatic carbocycles. The lowest BCUT2D eigenvalue weighted by atomic mass is 9.99. The molecule has 0 aliphatic carbocycles. The van der Waals surface area contributed by atoms with Crippen molar-refractivity contribution < 1.29 is 0 Å². The second kappa shape index (κ2) is 5.88. The van der Waals surface area contributed by atoms with Crippen LogP contribution in [0, 0.1) is 5.92 Å². The van der Waals surface area contributed by atoms with Crippen molar-refractivity contribution >= 4 is 11.6 Å². The SMILES string of the molecule is CC(=CCl)CN1CC(C(C)C)NCC1C. The monoisotopic (exact) mass is 230 g/mol. The van der Waals surface area contributed by atoms with Crippen LogP contribution in [0.5, 0.6) is 0 Å². The van der Waals surface area contributed by atoms with Crippen molar-refractivity contribution in [3.8, 4) is 0 Å². The van der Waals surface area contributed by atoms with Crippen molar-refractivity contribution in [3.63, 3.8) is 0 Å². The molecule has 0 aromatic heterocycles. The van der Waals surface area contributed by atoms with Gasteiger partial charge in [-0.15, -0.1) is 0 Å². The molecule has 0 amide bonds. The average Bonchev–Trinajstić information content (AvgIpc) is 2.20. The van der Waals surface area contributed by atoms with Crippen LogP contribution in [0.15, 0.2) is 11.1 Å². The Balaban J connectivity index is 2.53. The van der Waals surface area contributed by atoms with Crippen LogP contribution in [-0.2, 0) is 0 Å². The number of nitrogens with one attached hydrogen (secondary N) is 1. The van der Waals surface area contributed by atoms with E-state index in [9.17, 15) is 0 Å². The van der Waals surface area contributed by atoms with Gasteiger partial charge in [0.2, 0.25) is 0 Å². The molecule has 2 atom stereocenters. The quantitative estimate of drug-likeness (QED) is 0.802. The van der Waals surface area contributed by atoms with E-state index in [1.165, 1.54) is 5.57 Å². The van der Waals surface area contributed by atoms with Gasteiger partial charge in [-0.1, -0.05) is 25.4 Å². The second-order valence-electron chi connectivity index (χ2n) is 4.99. The molecule has 0 bridgehead atoms. The number of hydrogen-bond acceptors (Lipinski definition) is 2. The minimum atomic E-state index is 0.603. The summed E-state index contributed by atoms with van der Waals surface area (Å²) in [6.45, 7) is 12.1. The fourth-order valence-corrected chi connectivity index (χ4v) is 2.04. The Bertz CT molecular complexity index is 226. The molecule has 1 heterocycles. The third-order valence-electron chi connectivity index (χ3n) is 3.17. The van der Waals surface area contributed by atoms with Gasteiger partial charge >= 0.3 is 0 Å². The van der Waals surface area contributed by atoms with Gasteiger partial charge in [-0.2, -0.15) is 0 Å². The molecule has 1 saturated heterocycles. The lowest BCUT2D eigenvalue weighted by Gasteiger charge is -2.40. The molecule has 88 valence electrons. The van der Waals surface area contributed by atoms with Crippen LogP contribution in [0.4, 0.5) is 0 Å². The first-order valence-electron chi connectivity index (χ1n) is 5.78. The van der Waals surface area contributed by atoms with E-state index in [0.29, 0.717) is 18.0 Å². The number of nitrogens with zero attached hydrogens (tertiary/aromatic N) is 1. The van der Waals surface area contributed by atoms with E-state index >= 15 is 0 Å². The third kappa shape index (κ3) is 3.78. The normalized spacial score (nSPS) is 29.9. The van der Waals surface area contributed by atoms with Crippen LogP contribution in [0.1, 0.15) is 27.7 Å². The minimum absolute atomic E-state index is 0.603. The van der Waals surface area contributed by atoms with Gasteiger partial charge in [0.25, 0.3) is 0 Å². The first kappa shape index (κ1) is 13.0. The van der Waals surface area contributed by atoms with E-state index < -0.39 is 0 Å². The van der Waals surface area contributed by atoms with Gasteiger partial charge in [0.15, 0.2) is 0 Å². The largest absolute Gasteiger partial charge is 0.311 e. The summed E-state index contributed by atoms with van der Waals surface area (Å²) in [5.74, 6) is 0.695. The number of piperazine rings is 1. The third-order valence-corrected chi connectivity index (χ3v) is 3.55. The highest BCUT2D eigenvalue weighted by Crippen LogP contribution is 2.14. The highest BCUT2D eigenvalue weighted by Gasteiger charge is 2.26. The van der Waals surface area contributed by atoms with Gasteiger partial charge in [-0.3, -0.25) is 4.90 Å². The summed E-state index contributed by atoms with van der Waals surface area (Å²) in [6.07, 6.45) is 0. The summed E-state index contributed by atoms with van der Waals surface area (Å²) < 4.78 is 0. The Hall–Kier alpha value is -0.0500. The minimum Gasteiger partial charge on any atom is -0.311 e. The van der Waals surface area contributed by atoms with Crippen LogP contribution in [-0.4, -0.2) is 36.6 Å². The molecule has 1 N–H and O–H groups in total. The zero-order chi connectivity index (χ0) is 11.4. The van der Waals surface area contributed by atoms with Gasteiger partial charge in [0.05, 0.1) is 0 Å². The van der Waals surface area contributed by atoms with E-state index in [-0.39, 0.29) is 0 Å². The molecule has 1 rings (SSSR count). The molecule has 2 unspecified atom stereocenters. The Morgan fingerprint density at radius 2 is 2.27 bits per heavy atom. The number of rotatable bonds is 3. The zero-order valence-electron chi connectivity index (χ0n) is 10.3. The average molecular weight is 231 g/mol. The molecule has 0 aromatic rings. The van der Waals surface area contributed by atoms with Gasteiger partial charge in [0, 0.05) is 37.3 Å². The van der Waals surface area contributed by atoms with Crippen molar-refractivity contribution in [2.45, 2.75) is 39.8 Å². The van der Waals surface area contributed by atoms with Crippen molar-refractivity contribution in [2.75, 3.05) is 19.6 Å².